The van der Waals surface area contributed by atoms with Gasteiger partial charge in [0.25, 0.3) is 0 Å². The molecule has 0 aromatic carbocycles. The predicted molar refractivity (Wildman–Crippen MR) is 39.2 cm³/mol. The molecule has 10 heavy (non-hydrogen) atoms. The Kier molecular flexibility index (Phi) is 2.68. The quantitative estimate of drug-likeness (QED) is 0.337. The second-order valence-corrected chi connectivity index (χ2v) is 2.76. The van der Waals surface area contributed by atoms with E-state index in [4.69, 9.17) is 15.8 Å². The molecule has 1 fully saturated rings. The van der Waals surface area contributed by atoms with Gasteiger partial charge in [0.1, 0.15) is 0 Å². The molecule has 1 heterocycles. The molecule has 0 amide bonds. The Hall–Kier alpha value is -0.0951. The van der Waals surface area contributed by atoms with Crippen LogP contribution in [0.2, 0.25) is 5.82 Å². The van der Waals surface area contributed by atoms with E-state index in [0.717, 1.165) is 13.0 Å². The van der Waals surface area contributed by atoms with Gasteiger partial charge in [-0.1, -0.05) is 0 Å². The minimum absolute atomic E-state index is 0.0451. The summed E-state index contributed by atoms with van der Waals surface area (Å²) in [5.41, 5.74) is 5.53. The predicted octanol–water partition coefficient (Wildman–Crippen LogP) is -1.50. The lowest BCUT2D eigenvalue weighted by molar-refractivity contribution is 0.327. The van der Waals surface area contributed by atoms with Crippen LogP contribution in [0.1, 0.15) is 12.8 Å². The first-order valence-corrected chi connectivity index (χ1v) is 3.55. The van der Waals surface area contributed by atoms with Crippen LogP contribution in [-0.2, 0) is 0 Å². The van der Waals surface area contributed by atoms with E-state index in [1.807, 2.05) is 0 Å². The molecule has 0 bridgehead atoms. The molecule has 0 aromatic heterocycles. The Balaban J connectivity index is 2.32. The van der Waals surface area contributed by atoms with Crippen LogP contribution in [0.15, 0.2) is 0 Å². The summed E-state index contributed by atoms with van der Waals surface area (Å²) in [6.07, 6.45) is 1.38. The summed E-state index contributed by atoms with van der Waals surface area (Å²) in [7, 11) is -1.20. The van der Waals surface area contributed by atoms with Crippen LogP contribution < -0.4 is 11.1 Å². The molecular weight excluding hydrogens is 131 g/mol. The van der Waals surface area contributed by atoms with E-state index in [-0.39, 0.29) is 12.0 Å². The summed E-state index contributed by atoms with van der Waals surface area (Å²) in [6.45, 7) is 0.781. The molecule has 5 N–H and O–H groups in total. The van der Waals surface area contributed by atoms with E-state index in [0.29, 0.717) is 6.42 Å². The van der Waals surface area contributed by atoms with Crippen molar-refractivity contribution < 1.29 is 10.0 Å². The first-order chi connectivity index (χ1) is 4.70. The van der Waals surface area contributed by atoms with Gasteiger partial charge in [0.05, 0.1) is 6.17 Å². The van der Waals surface area contributed by atoms with E-state index < -0.39 is 7.12 Å². The summed E-state index contributed by atoms with van der Waals surface area (Å²) in [6, 6.07) is 0. The van der Waals surface area contributed by atoms with Crippen LogP contribution in [0.25, 0.3) is 0 Å². The van der Waals surface area contributed by atoms with Crippen molar-refractivity contribution >= 4 is 7.12 Å². The molecule has 2 unspecified atom stereocenters. The van der Waals surface area contributed by atoms with Gasteiger partial charge < -0.3 is 21.1 Å². The molecule has 58 valence electrons. The van der Waals surface area contributed by atoms with Crippen molar-refractivity contribution in [2.75, 3.05) is 6.54 Å². The zero-order valence-electron chi connectivity index (χ0n) is 5.83. The highest BCUT2D eigenvalue weighted by atomic mass is 16.4. The first kappa shape index (κ1) is 8.01. The fourth-order valence-electron chi connectivity index (χ4n) is 1.25. The number of nitrogens with two attached hydrogens (primary N) is 1. The van der Waals surface area contributed by atoms with E-state index in [1.54, 1.807) is 0 Å². The number of rotatable bonds is 1. The van der Waals surface area contributed by atoms with E-state index >= 15 is 0 Å². The Morgan fingerprint density at radius 2 is 2.20 bits per heavy atom. The lowest BCUT2D eigenvalue weighted by Crippen LogP contribution is -2.45. The van der Waals surface area contributed by atoms with Crippen molar-refractivity contribution in [2.24, 2.45) is 5.73 Å². The van der Waals surface area contributed by atoms with E-state index in [2.05, 4.69) is 5.32 Å². The third-order valence-corrected chi connectivity index (χ3v) is 1.90. The minimum atomic E-state index is -1.20. The topological polar surface area (TPSA) is 78.5 Å². The molecule has 1 aliphatic heterocycles. The summed E-state index contributed by atoms with van der Waals surface area (Å²) >= 11 is 0. The zero-order chi connectivity index (χ0) is 7.56. The Morgan fingerprint density at radius 1 is 1.50 bits per heavy atom. The second-order valence-electron chi connectivity index (χ2n) is 2.76. The minimum Gasteiger partial charge on any atom is -0.427 e. The highest BCUT2D eigenvalue weighted by molar-refractivity contribution is 6.43. The number of piperidine rings is 1. The SMILES string of the molecule is NC1CC(B(O)O)CCN1. The average molecular weight is 144 g/mol. The molecule has 0 spiro atoms. The average Bonchev–Trinajstić information content (AvgIpc) is 1.88. The van der Waals surface area contributed by atoms with Gasteiger partial charge in [-0.05, 0) is 25.2 Å². The van der Waals surface area contributed by atoms with Crippen LogP contribution in [0.3, 0.4) is 0 Å². The number of hydrogen-bond acceptors (Lipinski definition) is 4. The van der Waals surface area contributed by atoms with Crippen molar-refractivity contribution in [2.45, 2.75) is 24.8 Å². The first-order valence-electron chi connectivity index (χ1n) is 3.55. The van der Waals surface area contributed by atoms with Gasteiger partial charge in [-0.2, -0.15) is 0 Å². The van der Waals surface area contributed by atoms with Gasteiger partial charge in [0.2, 0.25) is 0 Å². The van der Waals surface area contributed by atoms with Gasteiger partial charge in [0, 0.05) is 0 Å². The Labute approximate surface area is 60.6 Å². The summed E-state index contributed by atoms with van der Waals surface area (Å²) in [5, 5.41) is 20.6. The molecule has 4 nitrogen and oxygen atoms in total. The van der Waals surface area contributed by atoms with Gasteiger partial charge >= 0.3 is 7.12 Å². The molecule has 0 aliphatic carbocycles. The van der Waals surface area contributed by atoms with Crippen LogP contribution in [-0.4, -0.2) is 29.9 Å². The maximum atomic E-state index is 8.77. The lowest BCUT2D eigenvalue weighted by atomic mass is 9.67. The maximum absolute atomic E-state index is 8.77. The largest absolute Gasteiger partial charge is 0.454 e. The van der Waals surface area contributed by atoms with Gasteiger partial charge in [0.15, 0.2) is 0 Å². The van der Waals surface area contributed by atoms with Crippen LogP contribution in [0.5, 0.6) is 0 Å². The standard InChI is InChI=1S/C5H13BN2O2/c7-5-3-4(6(9)10)1-2-8-5/h4-5,8-10H,1-3,7H2. The Morgan fingerprint density at radius 3 is 2.60 bits per heavy atom. The summed E-state index contributed by atoms with van der Waals surface area (Å²) in [4.78, 5) is 0. The lowest BCUT2D eigenvalue weighted by Gasteiger charge is -2.26. The molecule has 5 heteroatoms. The van der Waals surface area contributed by atoms with Crippen molar-refractivity contribution in [3.63, 3.8) is 0 Å². The van der Waals surface area contributed by atoms with Crippen molar-refractivity contribution in [1.29, 1.82) is 0 Å². The number of nitrogens with one attached hydrogen (secondary N) is 1. The molecule has 0 saturated carbocycles. The molecule has 2 atom stereocenters. The van der Waals surface area contributed by atoms with Gasteiger partial charge in [-0.15, -0.1) is 0 Å². The third kappa shape index (κ3) is 1.95. The highest BCUT2D eigenvalue weighted by Gasteiger charge is 2.27. The molecular formula is C5H13BN2O2. The maximum Gasteiger partial charge on any atom is 0.454 e. The van der Waals surface area contributed by atoms with Crippen molar-refractivity contribution in [3.8, 4) is 0 Å². The van der Waals surface area contributed by atoms with Crippen molar-refractivity contribution in [1.82, 2.24) is 5.32 Å². The fraction of sp³-hybridized carbons (Fsp3) is 1.00. The zero-order valence-corrected chi connectivity index (χ0v) is 5.83. The van der Waals surface area contributed by atoms with Gasteiger partial charge in [-0.3, -0.25) is 0 Å². The smallest absolute Gasteiger partial charge is 0.427 e. The van der Waals surface area contributed by atoms with Crippen LogP contribution in [0, 0.1) is 0 Å². The molecule has 1 saturated heterocycles. The Bertz CT molecular complexity index is 112. The monoisotopic (exact) mass is 144 g/mol. The van der Waals surface area contributed by atoms with E-state index in [1.165, 1.54) is 0 Å². The van der Waals surface area contributed by atoms with Gasteiger partial charge in [-0.25, -0.2) is 0 Å². The molecule has 1 rings (SSSR count). The molecule has 0 aromatic rings. The normalized spacial score (nSPS) is 33.9. The van der Waals surface area contributed by atoms with Crippen molar-refractivity contribution in [3.05, 3.63) is 0 Å². The summed E-state index contributed by atoms with van der Waals surface area (Å²) < 4.78 is 0. The fourth-order valence-corrected chi connectivity index (χ4v) is 1.25. The third-order valence-electron chi connectivity index (χ3n) is 1.90. The molecule has 0 radical (unpaired) electrons. The highest BCUT2D eigenvalue weighted by Crippen LogP contribution is 2.20. The second kappa shape index (κ2) is 3.34. The van der Waals surface area contributed by atoms with Crippen LogP contribution >= 0.6 is 0 Å². The molecule has 1 aliphatic rings. The van der Waals surface area contributed by atoms with E-state index in [9.17, 15) is 0 Å². The van der Waals surface area contributed by atoms with Crippen LogP contribution in [0.4, 0.5) is 0 Å². The summed E-state index contributed by atoms with van der Waals surface area (Å²) in [5.74, 6) is -0.0451. The number of hydrogen-bond donors (Lipinski definition) is 4.